The second kappa shape index (κ2) is 5.43. The zero-order chi connectivity index (χ0) is 12.5. The third-order valence-corrected chi connectivity index (χ3v) is 5.80. The maximum atomic E-state index is 5.99. The topological polar surface area (TPSA) is 24.4 Å². The van der Waals surface area contributed by atoms with E-state index in [9.17, 15) is 0 Å². The lowest BCUT2D eigenvalue weighted by Crippen LogP contribution is -2.25. The van der Waals surface area contributed by atoms with Gasteiger partial charge in [-0.25, -0.2) is 0 Å². The van der Waals surface area contributed by atoms with E-state index in [4.69, 9.17) is 16.6 Å². The molecule has 2 aliphatic rings. The normalized spacial score (nSPS) is 26.7. The zero-order valence-electron chi connectivity index (χ0n) is 9.83. The van der Waals surface area contributed by atoms with E-state index in [2.05, 4.69) is 21.2 Å². The fraction of sp³-hybridized carbons (Fsp3) is 0.462. The number of nitrogens with one attached hydrogen (secondary N) is 1. The number of aliphatic imine (C=N–C) groups is 1. The molecule has 18 heavy (non-hydrogen) atoms. The lowest BCUT2D eigenvalue weighted by molar-refractivity contribution is 0.535. The summed E-state index contributed by atoms with van der Waals surface area (Å²) in [5.74, 6) is 2.00. The van der Waals surface area contributed by atoms with Gasteiger partial charge in [0.05, 0.1) is 11.1 Å². The van der Waals surface area contributed by atoms with Crippen molar-refractivity contribution in [3.05, 3.63) is 27.7 Å². The van der Waals surface area contributed by atoms with E-state index in [1.165, 1.54) is 25.0 Å². The summed E-state index contributed by atoms with van der Waals surface area (Å²) in [4.78, 5) is 4.81. The van der Waals surface area contributed by atoms with Crippen LogP contribution in [0.25, 0.3) is 0 Å². The van der Waals surface area contributed by atoms with Gasteiger partial charge in [0.2, 0.25) is 0 Å². The molecule has 5 heteroatoms. The highest BCUT2D eigenvalue weighted by Crippen LogP contribution is 2.36. The predicted octanol–water partition coefficient (Wildman–Crippen LogP) is 4.79. The summed E-state index contributed by atoms with van der Waals surface area (Å²) in [6.07, 6.45) is 3.93. The molecule has 2 nitrogen and oxygen atoms in total. The number of amidine groups is 1. The minimum absolute atomic E-state index is 0.546. The SMILES string of the molecule is Clc1ccc(NC2=NC3CCCC3CS2)cc1Br. The molecule has 1 aliphatic heterocycles. The molecule has 0 bridgehead atoms. The average molecular weight is 346 g/mol. The highest BCUT2D eigenvalue weighted by molar-refractivity contribution is 9.10. The van der Waals surface area contributed by atoms with Crippen molar-refractivity contribution in [2.75, 3.05) is 11.1 Å². The number of halogens is 2. The first-order chi connectivity index (χ1) is 8.72. The van der Waals surface area contributed by atoms with Crippen LogP contribution in [0.5, 0.6) is 0 Å². The Kier molecular flexibility index (Phi) is 3.87. The van der Waals surface area contributed by atoms with Crippen LogP contribution in [0, 0.1) is 5.92 Å². The van der Waals surface area contributed by atoms with E-state index in [0.717, 1.165) is 26.3 Å². The Bertz CT molecular complexity index is 492. The molecule has 96 valence electrons. The maximum Gasteiger partial charge on any atom is 0.161 e. The van der Waals surface area contributed by atoms with Crippen LogP contribution >= 0.6 is 39.3 Å². The molecule has 1 aliphatic carbocycles. The van der Waals surface area contributed by atoms with E-state index in [1.807, 2.05) is 30.0 Å². The number of fused-ring (bicyclic) bond motifs is 1. The molecule has 2 atom stereocenters. The molecule has 2 unspecified atom stereocenters. The number of hydrogen-bond acceptors (Lipinski definition) is 3. The van der Waals surface area contributed by atoms with Crippen LogP contribution in [-0.2, 0) is 0 Å². The number of thioether (sulfide) groups is 1. The number of nitrogens with zero attached hydrogens (tertiary/aromatic N) is 1. The summed E-state index contributed by atoms with van der Waals surface area (Å²) >= 11 is 11.3. The van der Waals surface area contributed by atoms with Gasteiger partial charge in [-0.1, -0.05) is 29.8 Å². The lowest BCUT2D eigenvalue weighted by Gasteiger charge is -2.23. The molecule has 0 amide bonds. The van der Waals surface area contributed by atoms with Crippen molar-refractivity contribution < 1.29 is 0 Å². The molecule has 0 aromatic heterocycles. The van der Waals surface area contributed by atoms with E-state index in [-0.39, 0.29) is 0 Å². The van der Waals surface area contributed by atoms with Gasteiger partial charge in [-0.05, 0) is 52.9 Å². The van der Waals surface area contributed by atoms with Crippen molar-refractivity contribution >= 4 is 50.1 Å². The lowest BCUT2D eigenvalue weighted by atomic mass is 10.1. The smallest absolute Gasteiger partial charge is 0.161 e. The van der Waals surface area contributed by atoms with Gasteiger partial charge in [-0.15, -0.1) is 0 Å². The maximum absolute atomic E-state index is 5.99. The van der Waals surface area contributed by atoms with E-state index >= 15 is 0 Å². The summed E-state index contributed by atoms with van der Waals surface area (Å²) in [6, 6.07) is 6.41. The van der Waals surface area contributed by atoms with Crippen LogP contribution in [-0.4, -0.2) is 17.0 Å². The third-order valence-electron chi connectivity index (χ3n) is 3.51. The molecular weight excluding hydrogens is 332 g/mol. The molecule has 1 aromatic carbocycles. The van der Waals surface area contributed by atoms with Gasteiger partial charge >= 0.3 is 0 Å². The minimum atomic E-state index is 0.546. The highest BCUT2D eigenvalue weighted by Gasteiger charge is 2.30. The van der Waals surface area contributed by atoms with Crippen LogP contribution in [0.4, 0.5) is 5.69 Å². The Morgan fingerprint density at radius 1 is 1.39 bits per heavy atom. The van der Waals surface area contributed by atoms with Crippen molar-refractivity contribution in [1.29, 1.82) is 0 Å². The van der Waals surface area contributed by atoms with Crippen LogP contribution in [0.3, 0.4) is 0 Å². The Morgan fingerprint density at radius 2 is 2.28 bits per heavy atom. The van der Waals surface area contributed by atoms with Crippen LogP contribution in [0.2, 0.25) is 5.02 Å². The highest BCUT2D eigenvalue weighted by atomic mass is 79.9. The Labute approximate surface area is 125 Å². The standard InChI is InChI=1S/C13H14BrClN2S/c14-10-6-9(4-5-11(10)15)16-13-17-12-3-1-2-8(12)7-18-13/h4-6,8,12H,1-3,7H2,(H,16,17). The van der Waals surface area contributed by atoms with E-state index in [1.54, 1.807) is 0 Å². The largest absolute Gasteiger partial charge is 0.335 e. The van der Waals surface area contributed by atoms with Gasteiger partial charge in [0.25, 0.3) is 0 Å². The number of anilines is 1. The Balaban J connectivity index is 1.74. The molecule has 1 fully saturated rings. The quantitative estimate of drug-likeness (QED) is 0.791. The van der Waals surface area contributed by atoms with Gasteiger partial charge in [0.1, 0.15) is 0 Å². The van der Waals surface area contributed by atoms with Gasteiger partial charge in [0.15, 0.2) is 5.17 Å². The monoisotopic (exact) mass is 344 g/mol. The Morgan fingerprint density at radius 3 is 3.11 bits per heavy atom. The van der Waals surface area contributed by atoms with Crippen LogP contribution in [0.15, 0.2) is 27.7 Å². The summed E-state index contributed by atoms with van der Waals surface area (Å²) in [5, 5.41) is 5.17. The summed E-state index contributed by atoms with van der Waals surface area (Å²) in [6.45, 7) is 0. The Hall–Kier alpha value is -0.190. The molecular formula is C13H14BrClN2S. The molecule has 1 N–H and O–H groups in total. The fourth-order valence-electron chi connectivity index (χ4n) is 2.52. The van der Waals surface area contributed by atoms with Gasteiger partial charge in [0, 0.05) is 15.9 Å². The number of benzene rings is 1. The van der Waals surface area contributed by atoms with Gasteiger partial charge in [-0.2, -0.15) is 0 Å². The van der Waals surface area contributed by atoms with Crippen molar-refractivity contribution in [3.8, 4) is 0 Å². The minimum Gasteiger partial charge on any atom is -0.335 e. The molecule has 3 rings (SSSR count). The van der Waals surface area contributed by atoms with Crippen LogP contribution in [0.1, 0.15) is 19.3 Å². The molecule has 1 saturated carbocycles. The molecule has 0 radical (unpaired) electrons. The average Bonchev–Trinajstić information content (AvgIpc) is 2.81. The summed E-state index contributed by atoms with van der Waals surface area (Å²) < 4.78 is 0.911. The first kappa shape index (κ1) is 12.8. The molecule has 1 heterocycles. The third kappa shape index (κ3) is 2.70. The first-order valence-electron chi connectivity index (χ1n) is 6.15. The van der Waals surface area contributed by atoms with Crippen molar-refractivity contribution in [2.45, 2.75) is 25.3 Å². The van der Waals surface area contributed by atoms with E-state index in [0.29, 0.717) is 6.04 Å². The van der Waals surface area contributed by atoms with Crippen molar-refractivity contribution in [1.82, 2.24) is 0 Å². The molecule has 0 spiro atoms. The molecule has 0 saturated heterocycles. The van der Waals surface area contributed by atoms with E-state index < -0.39 is 0 Å². The fourth-order valence-corrected chi connectivity index (χ4v) is 4.18. The van der Waals surface area contributed by atoms with Crippen molar-refractivity contribution in [2.24, 2.45) is 10.9 Å². The number of rotatable bonds is 1. The predicted molar refractivity (Wildman–Crippen MR) is 83.8 cm³/mol. The summed E-state index contributed by atoms with van der Waals surface area (Å²) in [7, 11) is 0. The molecule has 1 aromatic rings. The number of hydrogen-bond donors (Lipinski definition) is 1. The first-order valence-corrected chi connectivity index (χ1v) is 8.31. The second-order valence-corrected chi connectivity index (χ2v) is 7.03. The summed E-state index contributed by atoms with van der Waals surface area (Å²) in [5.41, 5.74) is 1.04. The second-order valence-electron chi connectivity index (χ2n) is 4.76. The van der Waals surface area contributed by atoms with Crippen molar-refractivity contribution in [3.63, 3.8) is 0 Å². The van der Waals surface area contributed by atoms with Crippen LogP contribution < -0.4 is 5.32 Å². The zero-order valence-corrected chi connectivity index (χ0v) is 13.0. The van der Waals surface area contributed by atoms with Gasteiger partial charge < -0.3 is 5.32 Å². The van der Waals surface area contributed by atoms with Gasteiger partial charge in [-0.3, -0.25) is 4.99 Å².